The second-order valence-corrected chi connectivity index (χ2v) is 19.1. The zero-order chi connectivity index (χ0) is 53.4. The molecule has 12 rings (SSSR count). The Morgan fingerprint density at radius 2 is 1.19 bits per heavy atom. The number of H-pyrrole nitrogens is 3. The van der Waals surface area contributed by atoms with E-state index in [-0.39, 0.29) is 0 Å². The third-order valence-electron chi connectivity index (χ3n) is 13.2. The zero-order valence-corrected chi connectivity index (χ0v) is 42.9. The third kappa shape index (κ3) is 9.83. The molecule has 12 aromatic rings. The Balaban J connectivity index is 0.818. The van der Waals surface area contributed by atoms with Gasteiger partial charge in [-0.05, 0) is 111 Å². The number of imidazole rings is 2. The van der Waals surface area contributed by atoms with Gasteiger partial charge in [0.15, 0.2) is 23.0 Å². The number of halogens is 2. The first-order chi connectivity index (χ1) is 38.0. The van der Waals surface area contributed by atoms with Crippen LogP contribution in [0.1, 0.15) is 12.5 Å². The highest BCUT2D eigenvalue weighted by Gasteiger charge is 2.23. The normalized spacial score (nSPS) is 11.7. The lowest BCUT2D eigenvalue weighted by Gasteiger charge is -2.20. The quantitative estimate of drug-likeness (QED) is 0.0425. The summed E-state index contributed by atoms with van der Waals surface area (Å²) in [7, 11) is 5.87. The van der Waals surface area contributed by atoms with Crippen molar-refractivity contribution in [3.05, 3.63) is 139 Å². The molecule has 78 heavy (non-hydrogen) atoms. The van der Waals surface area contributed by atoms with Gasteiger partial charge in [0.05, 0.1) is 51.6 Å². The smallest absolute Gasteiger partial charge is 0.161 e. The van der Waals surface area contributed by atoms with Crippen LogP contribution in [0.5, 0.6) is 0 Å². The van der Waals surface area contributed by atoms with E-state index in [2.05, 4.69) is 69.0 Å². The monoisotopic (exact) mass is 1040 g/mol. The minimum absolute atomic E-state index is 0.386. The van der Waals surface area contributed by atoms with Gasteiger partial charge in [0.2, 0.25) is 0 Å². The predicted octanol–water partition coefficient (Wildman–Crippen LogP) is 8.66. The van der Waals surface area contributed by atoms with Crippen LogP contribution in [-0.4, -0.2) is 129 Å². The van der Waals surface area contributed by atoms with E-state index in [1.807, 2.05) is 86.9 Å². The highest BCUT2D eigenvalue weighted by Crippen LogP contribution is 2.35. The number of hydrogen-bond donors (Lipinski definition) is 7. The van der Waals surface area contributed by atoms with Gasteiger partial charge in [-0.1, -0.05) is 6.92 Å². The second kappa shape index (κ2) is 20.7. The van der Waals surface area contributed by atoms with Crippen LogP contribution < -0.4 is 26.7 Å². The predicted molar refractivity (Wildman–Crippen MR) is 301 cm³/mol. The Bertz CT molecular complexity index is 4180. The average Bonchev–Trinajstić information content (AvgIpc) is 4.40. The van der Waals surface area contributed by atoms with Crippen LogP contribution in [0.4, 0.5) is 25.8 Å². The van der Waals surface area contributed by atoms with Crippen molar-refractivity contribution < 1.29 is 8.78 Å². The first-order valence-electron chi connectivity index (χ1n) is 25.3. The molecule has 22 heteroatoms. The summed E-state index contributed by atoms with van der Waals surface area (Å²) in [6.07, 6.45) is 10.3. The number of nitrogens with one attached hydrogen (secondary N) is 6. The molecule has 390 valence electrons. The highest BCUT2D eigenvalue weighted by atomic mass is 19.1. The van der Waals surface area contributed by atoms with E-state index in [1.54, 1.807) is 35.8 Å². The number of hydrogen-bond acceptors (Lipinski definition) is 16. The summed E-state index contributed by atoms with van der Waals surface area (Å²) < 4.78 is 30.8. The Morgan fingerprint density at radius 1 is 0.590 bits per heavy atom. The number of fused-ring (bicyclic) bond motifs is 4. The van der Waals surface area contributed by atoms with Crippen molar-refractivity contribution in [2.45, 2.75) is 13.5 Å². The molecule has 0 amide bonds. The molecule has 0 aliphatic heterocycles. The minimum Gasteiger partial charge on any atom is -0.397 e. The van der Waals surface area contributed by atoms with Gasteiger partial charge in [0.1, 0.15) is 39.2 Å². The van der Waals surface area contributed by atoms with E-state index < -0.39 is 11.6 Å². The van der Waals surface area contributed by atoms with Crippen molar-refractivity contribution in [1.82, 2.24) is 80.1 Å². The average molecular weight is 1040 g/mol. The Hall–Kier alpha value is -9.80. The molecule has 20 nitrogen and oxygen atoms in total. The van der Waals surface area contributed by atoms with Gasteiger partial charge in [-0.25, -0.2) is 28.7 Å². The molecule has 0 unspecified atom stereocenters. The van der Waals surface area contributed by atoms with E-state index in [4.69, 9.17) is 35.8 Å². The van der Waals surface area contributed by atoms with Gasteiger partial charge in [0, 0.05) is 104 Å². The van der Waals surface area contributed by atoms with Crippen molar-refractivity contribution in [2.75, 3.05) is 75.2 Å². The molecule has 10 heterocycles. The standard InChI is InChI=1S/C56H52F2N20/c1-5-60-26-31-18-34(28-61-27-31)41-6-7-45-51(67-41)53(74-73-45)55-69-43-10-12-65-47(49(43)71-55)33-20-37(58)25-40(23-33)64-15-17-77(4)78-46-9-8-42(35-21-38(59)30-62-29-35)68-52(46)54(75-78)56-70-44-11-13-66-48(50(44)72-56)32-19-36(57)24-39(22-32)63-14-16-76(2)3/h6-13,18-25,27-30,60,63-64H,5,14-17,26,59H2,1-4H3,(H,69,71)(H,70,72)(H,73,74). The van der Waals surface area contributed by atoms with E-state index in [0.717, 1.165) is 41.0 Å². The summed E-state index contributed by atoms with van der Waals surface area (Å²) in [5, 5.41) is 24.8. The maximum absolute atomic E-state index is 15.6. The fourth-order valence-electron chi connectivity index (χ4n) is 9.44. The molecule has 8 N–H and O–H groups in total. The zero-order valence-electron chi connectivity index (χ0n) is 42.9. The van der Waals surface area contributed by atoms with Crippen molar-refractivity contribution in [2.24, 2.45) is 0 Å². The second-order valence-electron chi connectivity index (χ2n) is 19.1. The fraction of sp³-hybridized carbons (Fsp3) is 0.179. The Labute approximate surface area is 444 Å². The van der Waals surface area contributed by atoms with Gasteiger partial charge in [-0.3, -0.25) is 30.0 Å². The number of nitrogens with two attached hydrogens (primary N) is 1. The highest BCUT2D eigenvalue weighted by molar-refractivity contribution is 5.97. The SMILES string of the molecule is CCNCc1cncc(-c2ccc3[nH]nc(-c4nc5c(-c6cc(F)cc(NCCN(C)n7nc(-c8nc9c(-c%10cc(F)cc(NCCN(C)C)c%10)nccc9[nH]8)c8nc(-c9cncc(N)c9)ccc87)c6)nccc5[nH]4)c3n2)c1. The third-order valence-corrected chi connectivity index (χ3v) is 13.2. The number of nitrogens with zero attached hydrogens (tertiary/aromatic N) is 13. The molecular weight excluding hydrogens is 991 g/mol. The summed E-state index contributed by atoms with van der Waals surface area (Å²) in [4.78, 5) is 48.9. The number of likely N-dealkylation sites (N-methyl/N-ethyl adjacent to an activating group) is 2. The number of anilines is 3. The summed E-state index contributed by atoms with van der Waals surface area (Å²) in [5.74, 6) is 0.0721. The molecule has 0 bridgehead atoms. The van der Waals surface area contributed by atoms with E-state index in [9.17, 15) is 0 Å². The summed E-state index contributed by atoms with van der Waals surface area (Å²) in [6, 6.07) is 24.8. The van der Waals surface area contributed by atoms with Gasteiger partial charge >= 0.3 is 0 Å². The van der Waals surface area contributed by atoms with Crippen LogP contribution in [0.25, 0.3) is 112 Å². The molecule has 0 aliphatic carbocycles. The van der Waals surface area contributed by atoms with E-state index >= 15 is 8.78 Å². The number of rotatable bonds is 18. The fourth-order valence-corrected chi connectivity index (χ4v) is 9.44. The van der Waals surface area contributed by atoms with Crippen LogP contribution in [0.3, 0.4) is 0 Å². The maximum Gasteiger partial charge on any atom is 0.161 e. The van der Waals surface area contributed by atoms with Crippen LogP contribution in [0, 0.1) is 11.6 Å². The Kier molecular flexibility index (Phi) is 13.0. The molecular formula is C56H52F2N20. The molecule has 2 aromatic carbocycles. The van der Waals surface area contributed by atoms with E-state index in [0.29, 0.717) is 133 Å². The van der Waals surface area contributed by atoms with Crippen LogP contribution in [-0.2, 0) is 6.54 Å². The largest absolute Gasteiger partial charge is 0.397 e. The molecule has 10 aromatic heterocycles. The van der Waals surface area contributed by atoms with Gasteiger partial charge in [-0.15, -0.1) is 5.10 Å². The Morgan fingerprint density at radius 3 is 1.85 bits per heavy atom. The number of aromatic nitrogens is 14. The summed E-state index contributed by atoms with van der Waals surface area (Å²) in [6.45, 7) is 5.83. The lowest BCUT2D eigenvalue weighted by molar-refractivity contribution is 0.425. The lowest BCUT2D eigenvalue weighted by atomic mass is 10.1. The van der Waals surface area contributed by atoms with Gasteiger partial charge in [0.25, 0.3) is 0 Å². The maximum atomic E-state index is 15.6. The van der Waals surface area contributed by atoms with Crippen molar-refractivity contribution >= 4 is 61.2 Å². The van der Waals surface area contributed by atoms with Crippen LogP contribution >= 0.6 is 0 Å². The van der Waals surface area contributed by atoms with Crippen molar-refractivity contribution in [3.8, 4) is 68.1 Å². The molecule has 0 atom stereocenters. The van der Waals surface area contributed by atoms with E-state index in [1.165, 1.54) is 24.3 Å². The molecule has 0 fully saturated rings. The number of aromatic amines is 3. The molecule has 0 radical (unpaired) electrons. The lowest BCUT2D eigenvalue weighted by Crippen LogP contribution is -2.35. The molecule has 0 aliphatic rings. The van der Waals surface area contributed by atoms with Crippen LogP contribution in [0.15, 0.2) is 122 Å². The summed E-state index contributed by atoms with van der Waals surface area (Å²) >= 11 is 0. The number of nitrogen functional groups attached to an aromatic ring is 1. The topological polar surface area (TPSA) is 250 Å². The first kappa shape index (κ1) is 49.1. The van der Waals surface area contributed by atoms with Gasteiger partial charge < -0.3 is 36.6 Å². The summed E-state index contributed by atoms with van der Waals surface area (Å²) in [5.41, 5.74) is 20.1. The van der Waals surface area contributed by atoms with Crippen LogP contribution in [0.2, 0.25) is 0 Å². The molecule has 0 saturated carbocycles. The first-order valence-corrected chi connectivity index (χ1v) is 25.3. The minimum atomic E-state index is -0.448. The van der Waals surface area contributed by atoms with Crippen molar-refractivity contribution in [1.29, 1.82) is 0 Å². The van der Waals surface area contributed by atoms with Crippen molar-refractivity contribution in [3.63, 3.8) is 0 Å². The molecule has 0 saturated heterocycles. The number of pyridine rings is 6. The van der Waals surface area contributed by atoms with Gasteiger partial charge in [-0.2, -0.15) is 9.89 Å². The molecule has 0 spiro atoms. The number of benzene rings is 2.